The van der Waals surface area contributed by atoms with Crippen LogP contribution in [-0.4, -0.2) is 6.26 Å². The molecule has 1 heterocycles. The number of para-hydroxylation sites is 4. The van der Waals surface area contributed by atoms with Gasteiger partial charge in [-0.05, 0) is 54.8 Å². The number of ether oxygens (including phenoxy) is 1. The molecule has 0 aliphatic carbocycles. The third-order valence-electron chi connectivity index (χ3n) is 3.76. The summed E-state index contributed by atoms with van der Waals surface area (Å²) in [5, 5.41) is 0. The van der Waals surface area contributed by atoms with Gasteiger partial charge in [0.25, 0.3) is 0 Å². The number of hydrogen-bond acceptors (Lipinski definition) is 3. The molecule has 3 aromatic carbocycles. The lowest BCUT2D eigenvalue weighted by molar-refractivity contribution is 0.477. The average Bonchev–Trinajstić information content (AvgIpc) is 2.60. The van der Waals surface area contributed by atoms with Gasteiger partial charge < -0.3 is 9.64 Å². The lowest BCUT2D eigenvalue weighted by atomic mass is 10.1. The lowest BCUT2D eigenvalue weighted by Gasteiger charge is -2.32. The number of anilines is 3. The van der Waals surface area contributed by atoms with Gasteiger partial charge in [0.15, 0.2) is 11.5 Å². The standard InChI is InChI=1S/C19H15NOS/c1-22-15-12-10-14(11-13-15)20-16-6-2-4-8-18(16)21-19-9-5-3-7-17(19)20/h2-13H,1H3. The smallest absolute Gasteiger partial charge is 0.151 e. The summed E-state index contributed by atoms with van der Waals surface area (Å²) in [6, 6.07) is 24.9. The molecule has 4 rings (SSSR count). The molecule has 0 saturated heterocycles. The van der Waals surface area contributed by atoms with Gasteiger partial charge in [0.1, 0.15) is 0 Å². The third kappa shape index (κ3) is 2.14. The van der Waals surface area contributed by atoms with Crippen molar-refractivity contribution in [3.8, 4) is 11.5 Å². The molecular weight excluding hydrogens is 290 g/mol. The van der Waals surface area contributed by atoms with Crippen molar-refractivity contribution in [2.45, 2.75) is 4.90 Å². The zero-order valence-electron chi connectivity index (χ0n) is 12.2. The van der Waals surface area contributed by atoms with Crippen molar-refractivity contribution in [1.82, 2.24) is 0 Å². The van der Waals surface area contributed by atoms with Crippen molar-refractivity contribution in [2.75, 3.05) is 11.2 Å². The molecule has 3 aromatic rings. The van der Waals surface area contributed by atoms with Gasteiger partial charge in [-0.15, -0.1) is 11.8 Å². The molecule has 108 valence electrons. The van der Waals surface area contributed by atoms with Gasteiger partial charge in [-0.2, -0.15) is 0 Å². The Labute approximate surface area is 134 Å². The van der Waals surface area contributed by atoms with Gasteiger partial charge in [0, 0.05) is 10.6 Å². The van der Waals surface area contributed by atoms with E-state index in [1.54, 1.807) is 11.8 Å². The highest BCUT2D eigenvalue weighted by atomic mass is 32.2. The molecule has 0 unspecified atom stereocenters. The maximum Gasteiger partial charge on any atom is 0.151 e. The van der Waals surface area contributed by atoms with Crippen molar-refractivity contribution in [2.24, 2.45) is 0 Å². The highest BCUT2D eigenvalue weighted by Crippen LogP contribution is 2.49. The molecule has 0 amide bonds. The molecule has 0 atom stereocenters. The lowest BCUT2D eigenvalue weighted by Crippen LogP contribution is -2.15. The Bertz CT molecular complexity index is 768. The van der Waals surface area contributed by atoms with Crippen molar-refractivity contribution in [3.05, 3.63) is 72.8 Å². The van der Waals surface area contributed by atoms with E-state index in [-0.39, 0.29) is 0 Å². The van der Waals surface area contributed by atoms with Gasteiger partial charge in [-0.3, -0.25) is 0 Å². The third-order valence-corrected chi connectivity index (χ3v) is 4.51. The molecule has 0 radical (unpaired) electrons. The minimum atomic E-state index is 0.884. The Morgan fingerprint density at radius 1 is 0.727 bits per heavy atom. The molecule has 1 aliphatic heterocycles. The van der Waals surface area contributed by atoms with Gasteiger partial charge >= 0.3 is 0 Å². The summed E-state index contributed by atoms with van der Waals surface area (Å²) in [5.41, 5.74) is 3.28. The van der Waals surface area contributed by atoms with Crippen LogP contribution in [0.25, 0.3) is 0 Å². The van der Waals surface area contributed by atoms with Crippen LogP contribution in [0.1, 0.15) is 0 Å². The first-order valence-electron chi connectivity index (χ1n) is 7.17. The van der Waals surface area contributed by atoms with E-state index in [9.17, 15) is 0 Å². The number of fused-ring (bicyclic) bond motifs is 2. The fourth-order valence-electron chi connectivity index (χ4n) is 2.71. The van der Waals surface area contributed by atoms with E-state index >= 15 is 0 Å². The van der Waals surface area contributed by atoms with Crippen molar-refractivity contribution in [1.29, 1.82) is 0 Å². The molecule has 0 N–H and O–H groups in total. The average molecular weight is 305 g/mol. The van der Waals surface area contributed by atoms with Crippen LogP contribution < -0.4 is 9.64 Å². The summed E-state index contributed by atoms with van der Waals surface area (Å²) in [5.74, 6) is 1.77. The fourth-order valence-corrected chi connectivity index (χ4v) is 3.12. The van der Waals surface area contributed by atoms with Gasteiger partial charge in [-0.25, -0.2) is 0 Å². The summed E-state index contributed by atoms with van der Waals surface area (Å²) in [4.78, 5) is 3.51. The molecule has 0 bridgehead atoms. The second kappa shape index (κ2) is 5.43. The minimum absolute atomic E-state index is 0.884. The summed E-state index contributed by atoms with van der Waals surface area (Å²) in [6.45, 7) is 0. The Hall–Kier alpha value is -2.39. The van der Waals surface area contributed by atoms with E-state index < -0.39 is 0 Å². The molecule has 3 heteroatoms. The van der Waals surface area contributed by atoms with Crippen LogP contribution in [0.3, 0.4) is 0 Å². The SMILES string of the molecule is CSc1ccc(N2c3ccccc3Oc3ccccc32)cc1. The second-order valence-electron chi connectivity index (χ2n) is 5.07. The quantitative estimate of drug-likeness (QED) is 0.422. The van der Waals surface area contributed by atoms with Crippen LogP contribution in [0.2, 0.25) is 0 Å². The maximum atomic E-state index is 6.03. The van der Waals surface area contributed by atoms with Crippen LogP contribution in [0.4, 0.5) is 17.1 Å². The molecule has 2 nitrogen and oxygen atoms in total. The van der Waals surface area contributed by atoms with Crippen molar-refractivity contribution >= 4 is 28.8 Å². The first-order valence-corrected chi connectivity index (χ1v) is 8.39. The zero-order valence-corrected chi connectivity index (χ0v) is 13.0. The summed E-state index contributed by atoms with van der Waals surface area (Å²) >= 11 is 1.75. The first kappa shape index (κ1) is 13.3. The highest BCUT2D eigenvalue weighted by Gasteiger charge is 2.24. The monoisotopic (exact) mass is 305 g/mol. The van der Waals surface area contributed by atoms with Crippen LogP contribution in [0.5, 0.6) is 11.5 Å². The van der Waals surface area contributed by atoms with Crippen LogP contribution in [0, 0.1) is 0 Å². The Balaban J connectivity index is 1.90. The zero-order chi connectivity index (χ0) is 14.9. The number of benzene rings is 3. The van der Waals surface area contributed by atoms with E-state index in [4.69, 9.17) is 4.74 Å². The Morgan fingerprint density at radius 2 is 1.27 bits per heavy atom. The number of hydrogen-bond donors (Lipinski definition) is 0. The predicted molar refractivity (Wildman–Crippen MR) is 93.0 cm³/mol. The maximum absolute atomic E-state index is 6.03. The topological polar surface area (TPSA) is 12.5 Å². The summed E-state index contributed by atoms with van der Waals surface area (Å²) in [6.07, 6.45) is 2.09. The van der Waals surface area contributed by atoms with E-state index in [0.717, 1.165) is 28.6 Å². The highest BCUT2D eigenvalue weighted by molar-refractivity contribution is 7.98. The van der Waals surface area contributed by atoms with Crippen LogP contribution in [0.15, 0.2) is 77.7 Å². The van der Waals surface area contributed by atoms with Gasteiger partial charge in [0.2, 0.25) is 0 Å². The normalized spacial score (nSPS) is 12.3. The van der Waals surface area contributed by atoms with E-state index in [2.05, 4.69) is 47.6 Å². The van der Waals surface area contributed by atoms with Gasteiger partial charge in [-0.1, -0.05) is 24.3 Å². The minimum Gasteiger partial charge on any atom is -0.453 e. The molecule has 0 saturated carbocycles. The second-order valence-corrected chi connectivity index (χ2v) is 5.95. The fraction of sp³-hybridized carbons (Fsp3) is 0.0526. The summed E-state index contributed by atoms with van der Waals surface area (Å²) in [7, 11) is 0. The van der Waals surface area contributed by atoms with E-state index in [1.807, 2.05) is 36.4 Å². The predicted octanol–water partition coefficient (Wildman–Crippen LogP) is 5.98. The van der Waals surface area contributed by atoms with E-state index in [0.29, 0.717) is 0 Å². The Kier molecular flexibility index (Phi) is 3.28. The van der Waals surface area contributed by atoms with Crippen molar-refractivity contribution in [3.63, 3.8) is 0 Å². The van der Waals surface area contributed by atoms with Crippen molar-refractivity contribution < 1.29 is 4.74 Å². The molecule has 0 fully saturated rings. The molecule has 0 aromatic heterocycles. The molecular formula is C19H15NOS. The number of rotatable bonds is 2. The summed E-state index contributed by atoms with van der Waals surface area (Å²) < 4.78 is 6.03. The molecule has 1 aliphatic rings. The molecule has 22 heavy (non-hydrogen) atoms. The van der Waals surface area contributed by atoms with Crippen LogP contribution in [-0.2, 0) is 0 Å². The first-order chi connectivity index (χ1) is 10.9. The molecule has 0 spiro atoms. The number of thioether (sulfide) groups is 1. The van der Waals surface area contributed by atoms with Gasteiger partial charge in [0.05, 0.1) is 11.4 Å². The number of nitrogens with zero attached hydrogens (tertiary/aromatic N) is 1. The van der Waals surface area contributed by atoms with E-state index in [1.165, 1.54) is 4.90 Å². The van der Waals surface area contributed by atoms with Crippen LogP contribution >= 0.6 is 11.8 Å². The largest absolute Gasteiger partial charge is 0.453 e. The Morgan fingerprint density at radius 3 is 1.82 bits per heavy atom.